The van der Waals surface area contributed by atoms with Gasteiger partial charge in [0.25, 0.3) is 5.91 Å². The van der Waals surface area contributed by atoms with Crippen molar-refractivity contribution in [2.75, 3.05) is 0 Å². The molecule has 0 atom stereocenters. The zero-order chi connectivity index (χ0) is 16.7. The maximum Gasteiger partial charge on any atom is 0.285 e. The lowest BCUT2D eigenvalue weighted by Gasteiger charge is -2.00. The second kappa shape index (κ2) is 6.03. The fourth-order valence-corrected chi connectivity index (χ4v) is 3.97. The Morgan fingerprint density at radius 2 is 1.87 bits per heavy atom. The van der Waals surface area contributed by atoms with Gasteiger partial charge in [0.15, 0.2) is 4.80 Å². The van der Waals surface area contributed by atoms with Crippen molar-refractivity contribution in [3.05, 3.63) is 62.4 Å². The van der Waals surface area contributed by atoms with Crippen LogP contribution < -0.4 is 4.80 Å². The third-order valence-electron chi connectivity index (χ3n) is 3.19. The van der Waals surface area contributed by atoms with Crippen LogP contribution in [0.3, 0.4) is 0 Å². The highest BCUT2D eigenvalue weighted by atomic mass is 35.5. The summed E-state index contributed by atoms with van der Waals surface area (Å²) in [5, 5.41) is 0.847. The molecule has 0 saturated heterocycles. The van der Waals surface area contributed by atoms with Crippen molar-refractivity contribution >= 4 is 50.7 Å². The van der Waals surface area contributed by atoms with Crippen molar-refractivity contribution in [3.63, 3.8) is 0 Å². The topological polar surface area (TPSA) is 34.4 Å². The van der Waals surface area contributed by atoms with Gasteiger partial charge < -0.3 is 4.57 Å². The zero-order valence-electron chi connectivity index (χ0n) is 11.6. The van der Waals surface area contributed by atoms with Crippen LogP contribution in [0.5, 0.6) is 0 Å². The number of thiazole rings is 1. The third kappa shape index (κ3) is 2.89. The second-order valence-corrected chi connectivity index (χ2v) is 6.54. The number of hydrogen-bond donors (Lipinski definition) is 0. The van der Waals surface area contributed by atoms with Gasteiger partial charge in [0.2, 0.25) is 0 Å². The summed E-state index contributed by atoms with van der Waals surface area (Å²) in [6, 6.07) is 6.45. The van der Waals surface area contributed by atoms with E-state index in [2.05, 4.69) is 4.99 Å². The van der Waals surface area contributed by atoms with Crippen molar-refractivity contribution < 1.29 is 13.6 Å². The average molecular weight is 373 g/mol. The second-order valence-electron chi connectivity index (χ2n) is 4.69. The van der Waals surface area contributed by atoms with Gasteiger partial charge in [-0.25, -0.2) is 8.78 Å². The molecule has 1 aromatic heterocycles. The van der Waals surface area contributed by atoms with Crippen molar-refractivity contribution in [2.45, 2.75) is 0 Å². The van der Waals surface area contributed by atoms with E-state index in [9.17, 15) is 13.6 Å². The molecule has 0 spiro atoms. The number of rotatable bonds is 1. The standard InChI is InChI=1S/C15H8Cl2F2N2OS/c1-21-13-8(17)5-7(16)6-11(13)23-15(21)20-14(22)12-9(18)3-2-4-10(12)19/h2-6H,1H3. The minimum absolute atomic E-state index is 0.261. The lowest BCUT2D eigenvalue weighted by molar-refractivity contribution is 0.0990. The molecule has 0 radical (unpaired) electrons. The van der Waals surface area contributed by atoms with Crippen LogP contribution in [0.25, 0.3) is 10.2 Å². The van der Waals surface area contributed by atoms with Crippen molar-refractivity contribution in [2.24, 2.45) is 12.0 Å². The van der Waals surface area contributed by atoms with Gasteiger partial charge in [-0.2, -0.15) is 4.99 Å². The third-order valence-corrected chi connectivity index (χ3v) is 4.78. The molecule has 2 aromatic carbocycles. The van der Waals surface area contributed by atoms with Crippen LogP contribution in [-0.4, -0.2) is 10.5 Å². The number of hydrogen-bond acceptors (Lipinski definition) is 2. The first kappa shape index (κ1) is 16.1. The Bertz CT molecular complexity index is 990. The summed E-state index contributed by atoms with van der Waals surface area (Å²) in [4.78, 5) is 16.2. The van der Waals surface area contributed by atoms with Gasteiger partial charge in [-0.15, -0.1) is 0 Å². The molecule has 23 heavy (non-hydrogen) atoms. The number of aryl methyl sites for hydroxylation is 1. The van der Waals surface area contributed by atoms with E-state index < -0.39 is 23.1 Å². The van der Waals surface area contributed by atoms with E-state index in [1.54, 1.807) is 23.7 Å². The maximum atomic E-state index is 13.7. The number of halogens is 4. The van der Waals surface area contributed by atoms with E-state index in [1.807, 2.05) is 0 Å². The summed E-state index contributed by atoms with van der Waals surface area (Å²) < 4.78 is 29.6. The summed E-state index contributed by atoms with van der Waals surface area (Å²) in [5.74, 6) is -2.91. The van der Waals surface area contributed by atoms with E-state index in [0.29, 0.717) is 20.3 Å². The van der Waals surface area contributed by atoms with Gasteiger partial charge in [-0.05, 0) is 24.3 Å². The van der Waals surface area contributed by atoms with E-state index in [0.717, 1.165) is 23.5 Å². The van der Waals surface area contributed by atoms with Crippen molar-refractivity contribution in [1.29, 1.82) is 0 Å². The summed E-state index contributed by atoms with van der Waals surface area (Å²) >= 11 is 13.2. The molecule has 3 rings (SSSR count). The number of carbonyl (C=O) groups is 1. The molecule has 3 nitrogen and oxygen atoms in total. The first-order chi connectivity index (χ1) is 10.9. The van der Waals surface area contributed by atoms with Crippen LogP contribution in [0, 0.1) is 11.6 Å². The van der Waals surface area contributed by atoms with Crippen LogP contribution in [0.1, 0.15) is 10.4 Å². The highest BCUT2D eigenvalue weighted by Crippen LogP contribution is 2.29. The number of fused-ring (bicyclic) bond motifs is 1. The number of aromatic nitrogens is 1. The molecular formula is C15H8Cl2F2N2OS. The lowest BCUT2D eigenvalue weighted by Crippen LogP contribution is -2.15. The van der Waals surface area contributed by atoms with Crippen LogP contribution in [-0.2, 0) is 7.05 Å². The van der Waals surface area contributed by atoms with E-state index in [4.69, 9.17) is 23.2 Å². The minimum Gasteiger partial charge on any atom is -0.318 e. The lowest BCUT2D eigenvalue weighted by atomic mass is 10.2. The normalized spacial score (nSPS) is 12.1. The van der Waals surface area contributed by atoms with Gasteiger partial charge in [-0.1, -0.05) is 40.6 Å². The van der Waals surface area contributed by atoms with Gasteiger partial charge in [0.1, 0.15) is 17.2 Å². The molecule has 0 fully saturated rings. The Hall–Kier alpha value is -1.76. The first-order valence-electron chi connectivity index (χ1n) is 6.36. The molecule has 118 valence electrons. The smallest absolute Gasteiger partial charge is 0.285 e. The zero-order valence-corrected chi connectivity index (χ0v) is 13.9. The molecule has 0 unspecified atom stereocenters. The SMILES string of the molecule is Cn1c(=NC(=O)c2c(F)cccc2F)sc2cc(Cl)cc(Cl)c21. The monoisotopic (exact) mass is 372 g/mol. The fourth-order valence-electron chi connectivity index (χ4n) is 2.15. The number of carbonyl (C=O) groups excluding carboxylic acids is 1. The Balaban J connectivity index is 2.20. The Morgan fingerprint density at radius 1 is 1.22 bits per heavy atom. The van der Waals surface area contributed by atoms with Crippen LogP contribution in [0.4, 0.5) is 8.78 Å². The predicted molar refractivity (Wildman–Crippen MR) is 87.1 cm³/mol. The predicted octanol–water partition coefficient (Wildman–Crippen LogP) is 4.57. The molecule has 0 aliphatic carbocycles. The molecule has 1 heterocycles. The van der Waals surface area contributed by atoms with E-state index >= 15 is 0 Å². The molecule has 0 saturated carbocycles. The summed E-state index contributed by atoms with van der Waals surface area (Å²) in [6.07, 6.45) is 0. The molecule has 1 amide bonds. The maximum absolute atomic E-state index is 13.7. The Labute approximate surface area is 143 Å². The fraction of sp³-hybridized carbons (Fsp3) is 0.0667. The molecule has 8 heteroatoms. The highest BCUT2D eigenvalue weighted by Gasteiger charge is 2.17. The first-order valence-corrected chi connectivity index (χ1v) is 7.93. The summed E-state index contributed by atoms with van der Waals surface area (Å²) in [7, 11) is 1.66. The summed E-state index contributed by atoms with van der Waals surface area (Å²) in [5.41, 5.74) is -0.0456. The number of amides is 1. The van der Waals surface area contributed by atoms with Gasteiger partial charge >= 0.3 is 0 Å². The molecule has 0 aliphatic heterocycles. The number of nitrogens with zero attached hydrogens (tertiary/aromatic N) is 2. The Morgan fingerprint density at radius 3 is 2.52 bits per heavy atom. The molecule has 0 aliphatic rings. The average Bonchev–Trinajstić information content (AvgIpc) is 2.74. The number of benzene rings is 2. The minimum atomic E-state index is -0.995. The van der Waals surface area contributed by atoms with Crippen molar-refractivity contribution in [3.8, 4) is 0 Å². The molecule has 0 bridgehead atoms. The molecule has 0 N–H and O–H groups in total. The quantitative estimate of drug-likeness (QED) is 0.616. The summed E-state index contributed by atoms with van der Waals surface area (Å²) in [6.45, 7) is 0. The van der Waals surface area contributed by atoms with Crippen LogP contribution in [0.2, 0.25) is 10.0 Å². The van der Waals surface area contributed by atoms with Crippen molar-refractivity contribution in [1.82, 2.24) is 4.57 Å². The van der Waals surface area contributed by atoms with Crippen LogP contribution >= 0.6 is 34.5 Å². The molecular weight excluding hydrogens is 365 g/mol. The van der Waals surface area contributed by atoms with Gasteiger partial charge in [0.05, 0.1) is 15.2 Å². The molecule has 3 aromatic rings. The van der Waals surface area contributed by atoms with Crippen LogP contribution in [0.15, 0.2) is 35.3 Å². The van der Waals surface area contributed by atoms with Gasteiger partial charge in [0, 0.05) is 12.1 Å². The van der Waals surface area contributed by atoms with E-state index in [1.165, 1.54) is 6.07 Å². The van der Waals surface area contributed by atoms with E-state index in [-0.39, 0.29) is 4.80 Å². The highest BCUT2D eigenvalue weighted by molar-refractivity contribution is 7.16. The van der Waals surface area contributed by atoms with Gasteiger partial charge in [-0.3, -0.25) is 4.79 Å². The largest absolute Gasteiger partial charge is 0.318 e. The Kier molecular flexibility index (Phi) is 4.23.